The van der Waals surface area contributed by atoms with Crippen molar-refractivity contribution in [3.63, 3.8) is 0 Å². The smallest absolute Gasteiger partial charge is 0.163 e. The van der Waals surface area contributed by atoms with Crippen LogP contribution in [0.3, 0.4) is 0 Å². The Bertz CT molecular complexity index is 573. The highest BCUT2D eigenvalue weighted by atomic mass is 79.9. The summed E-state index contributed by atoms with van der Waals surface area (Å²) in [5.41, 5.74) is 2.00. The Balaban J connectivity index is 2.11. The van der Waals surface area contributed by atoms with Crippen LogP contribution in [0.4, 0.5) is 0 Å². The number of rotatable bonds is 5. The van der Waals surface area contributed by atoms with E-state index in [2.05, 4.69) is 50.9 Å². The molecule has 2 aromatic rings. The van der Waals surface area contributed by atoms with E-state index in [-0.39, 0.29) is 11.7 Å². The van der Waals surface area contributed by atoms with Crippen LogP contribution in [0.1, 0.15) is 41.6 Å². The molecule has 2 aromatic carbocycles. The lowest BCUT2D eigenvalue weighted by molar-refractivity contribution is 0.0973. The predicted molar refractivity (Wildman–Crippen MR) is 90.3 cm³/mol. The molecule has 0 N–H and O–H groups in total. The summed E-state index contributed by atoms with van der Waals surface area (Å²) in [5.74, 6) is 0.478. The van der Waals surface area contributed by atoms with Crippen LogP contribution >= 0.6 is 31.9 Å². The molecule has 2 rings (SSSR count). The molecular formula is C17H16Br2O. The van der Waals surface area contributed by atoms with Crippen molar-refractivity contribution in [2.75, 3.05) is 0 Å². The van der Waals surface area contributed by atoms with Crippen molar-refractivity contribution in [1.29, 1.82) is 0 Å². The molecule has 0 fully saturated rings. The first-order valence-corrected chi connectivity index (χ1v) is 8.23. The Morgan fingerprint density at radius 1 is 0.950 bits per heavy atom. The molecule has 0 bridgehead atoms. The standard InChI is InChI=1S/C17H16Br2O/c1-2-12(13-3-7-15(18)8-4-13)11-17(20)14-5-9-16(19)10-6-14/h3-10,12H,2,11H2,1H3. The van der Waals surface area contributed by atoms with Gasteiger partial charge in [-0.3, -0.25) is 4.79 Å². The average Bonchev–Trinajstić information content (AvgIpc) is 2.46. The normalized spacial score (nSPS) is 12.2. The quantitative estimate of drug-likeness (QED) is 0.569. The van der Waals surface area contributed by atoms with Gasteiger partial charge in [0.15, 0.2) is 5.78 Å². The van der Waals surface area contributed by atoms with Crippen molar-refractivity contribution < 1.29 is 4.79 Å². The van der Waals surface area contributed by atoms with Gasteiger partial charge >= 0.3 is 0 Å². The number of hydrogen-bond donors (Lipinski definition) is 0. The zero-order valence-electron chi connectivity index (χ0n) is 11.3. The molecule has 0 aliphatic carbocycles. The van der Waals surface area contributed by atoms with Crippen molar-refractivity contribution in [3.05, 3.63) is 68.6 Å². The number of Topliss-reactive ketones (excluding diaryl/α,β-unsaturated/α-hetero) is 1. The van der Waals surface area contributed by atoms with E-state index in [1.807, 2.05) is 36.4 Å². The van der Waals surface area contributed by atoms with Gasteiger partial charge in [-0.05, 0) is 42.2 Å². The molecule has 104 valence electrons. The van der Waals surface area contributed by atoms with E-state index >= 15 is 0 Å². The van der Waals surface area contributed by atoms with Gasteiger partial charge in [0, 0.05) is 20.9 Å². The second-order valence-electron chi connectivity index (χ2n) is 4.79. The lowest BCUT2D eigenvalue weighted by Crippen LogP contribution is -2.07. The summed E-state index contributed by atoms with van der Waals surface area (Å²) >= 11 is 6.83. The largest absolute Gasteiger partial charge is 0.294 e. The molecule has 0 amide bonds. The van der Waals surface area contributed by atoms with Crippen LogP contribution in [0.25, 0.3) is 0 Å². The van der Waals surface area contributed by atoms with Crippen LogP contribution in [0.15, 0.2) is 57.5 Å². The minimum Gasteiger partial charge on any atom is -0.294 e. The summed E-state index contributed by atoms with van der Waals surface area (Å²) in [5, 5.41) is 0. The number of benzene rings is 2. The van der Waals surface area contributed by atoms with Crippen molar-refractivity contribution >= 4 is 37.6 Å². The molecule has 0 aliphatic rings. The van der Waals surface area contributed by atoms with Gasteiger partial charge in [-0.2, -0.15) is 0 Å². The highest BCUT2D eigenvalue weighted by Crippen LogP contribution is 2.26. The fourth-order valence-corrected chi connectivity index (χ4v) is 2.74. The monoisotopic (exact) mass is 394 g/mol. The van der Waals surface area contributed by atoms with E-state index < -0.39 is 0 Å². The highest BCUT2D eigenvalue weighted by molar-refractivity contribution is 9.10. The number of hydrogen-bond acceptors (Lipinski definition) is 1. The Labute approximate surface area is 136 Å². The van der Waals surface area contributed by atoms with Crippen LogP contribution < -0.4 is 0 Å². The maximum atomic E-state index is 12.3. The fourth-order valence-electron chi connectivity index (χ4n) is 2.21. The van der Waals surface area contributed by atoms with Gasteiger partial charge in [-0.1, -0.05) is 63.0 Å². The van der Waals surface area contributed by atoms with Gasteiger partial charge in [-0.15, -0.1) is 0 Å². The third kappa shape index (κ3) is 4.03. The minimum atomic E-state index is 0.201. The molecule has 20 heavy (non-hydrogen) atoms. The number of ketones is 1. The Morgan fingerprint density at radius 2 is 1.45 bits per heavy atom. The third-order valence-corrected chi connectivity index (χ3v) is 4.49. The molecule has 1 unspecified atom stereocenters. The zero-order valence-corrected chi connectivity index (χ0v) is 14.4. The highest BCUT2D eigenvalue weighted by Gasteiger charge is 2.15. The molecule has 0 saturated heterocycles. The molecule has 0 aliphatic heterocycles. The van der Waals surface area contributed by atoms with Gasteiger partial charge < -0.3 is 0 Å². The molecule has 0 radical (unpaired) electrons. The summed E-state index contributed by atoms with van der Waals surface area (Å²) in [6, 6.07) is 15.8. The predicted octanol–water partition coefficient (Wildman–Crippen LogP) is 5.98. The van der Waals surface area contributed by atoms with Crippen molar-refractivity contribution in [2.24, 2.45) is 0 Å². The number of halogens is 2. The first-order chi connectivity index (χ1) is 9.60. The van der Waals surface area contributed by atoms with Crippen LogP contribution in [0.2, 0.25) is 0 Å². The van der Waals surface area contributed by atoms with Gasteiger partial charge in [0.05, 0.1) is 0 Å². The average molecular weight is 396 g/mol. The van der Waals surface area contributed by atoms with Crippen LogP contribution in [-0.2, 0) is 0 Å². The van der Waals surface area contributed by atoms with E-state index in [1.54, 1.807) is 0 Å². The molecule has 1 nitrogen and oxygen atoms in total. The summed E-state index contributed by atoms with van der Waals surface area (Å²) in [7, 11) is 0. The van der Waals surface area contributed by atoms with E-state index in [0.717, 1.165) is 20.9 Å². The number of carbonyl (C=O) groups excluding carboxylic acids is 1. The first kappa shape index (κ1) is 15.5. The molecule has 3 heteroatoms. The Kier molecular flexibility index (Phi) is 5.55. The summed E-state index contributed by atoms with van der Waals surface area (Å²) in [4.78, 5) is 12.3. The van der Waals surface area contributed by atoms with Gasteiger partial charge in [0.2, 0.25) is 0 Å². The molecule has 0 aromatic heterocycles. The SMILES string of the molecule is CCC(CC(=O)c1ccc(Br)cc1)c1ccc(Br)cc1. The number of carbonyl (C=O) groups is 1. The molecule has 0 spiro atoms. The van der Waals surface area contributed by atoms with Crippen molar-refractivity contribution in [1.82, 2.24) is 0 Å². The topological polar surface area (TPSA) is 17.1 Å². The van der Waals surface area contributed by atoms with Gasteiger partial charge in [0.1, 0.15) is 0 Å². The van der Waals surface area contributed by atoms with E-state index in [9.17, 15) is 4.79 Å². The van der Waals surface area contributed by atoms with E-state index in [1.165, 1.54) is 5.56 Å². The van der Waals surface area contributed by atoms with Crippen LogP contribution in [0.5, 0.6) is 0 Å². The van der Waals surface area contributed by atoms with E-state index in [4.69, 9.17) is 0 Å². The van der Waals surface area contributed by atoms with Gasteiger partial charge in [0.25, 0.3) is 0 Å². The Hall–Kier alpha value is -0.930. The van der Waals surface area contributed by atoms with Crippen molar-refractivity contribution in [2.45, 2.75) is 25.7 Å². The molecule has 0 saturated carbocycles. The second kappa shape index (κ2) is 7.19. The first-order valence-electron chi connectivity index (χ1n) is 6.64. The van der Waals surface area contributed by atoms with Crippen LogP contribution in [-0.4, -0.2) is 5.78 Å². The maximum Gasteiger partial charge on any atom is 0.163 e. The maximum absolute atomic E-state index is 12.3. The summed E-state index contributed by atoms with van der Waals surface area (Å²) in [6.45, 7) is 2.13. The van der Waals surface area contributed by atoms with Crippen molar-refractivity contribution in [3.8, 4) is 0 Å². The zero-order chi connectivity index (χ0) is 14.5. The Morgan fingerprint density at radius 3 is 1.95 bits per heavy atom. The second-order valence-corrected chi connectivity index (χ2v) is 6.62. The third-order valence-electron chi connectivity index (χ3n) is 3.43. The molecule has 1 atom stereocenters. The summed E-state index contributed by atoms with van der Waals surface area (Å²) in [6.07, 6.45) is 1.52. The molecular weight excluding hydrogens is 380 g/mol. The lowest BCUT2D eigenvalue weighted by atomic mass is 9.90. The molecule has 0 heterocycles. The van der Waals surface area contributed by atoms with Crippen LogP contribution in [0, 0.1) is 0 Å². The van der Waals surface area contributed by atoms with Gasteiger partial charge in [-0.25, -0.2) is 0 Å². The summed E-state index contributed by atoms with van der Waals surface area (Å²) < 4.78 is 2.06. The fraction of sp³-hybridized carbons (Fsp3) is 0.235. The van der Waals surface area contributed by atoms with E-state index in [0.29, 0.717) is 6.42 Å². The minimum absolute atomic E-state index is 0.201. The lowest BCUT2D eigenvalue weighted by Gasteiger charge is -2.14.